The zero-order valence-electron chi connectivity index (χ0n) is 12.8. The molecule has 2 aromatic rings. The molecule has 0 atom stereocenters. The summed E-state index contributed by atoms with van der Waals surface area (Å²) >= 11 is 0. The van der Waals surface area contributed by atoms with Gasteiger partial charge in [-0.15, -0.1) is 0 Å². The molecule has 6 nitrogen and oxygen atoms in total. The molecular formula is C17H16N2O4. The van der Waals surface area contributed by atoms with Gasteiger partial charge in [-0.05, 0) is 30.3 Å². The molecule has 0 fully saturated rings. The standard InChI is InChI=1S/C17H16N2O4/c1-19-15(20)10-23-14-8-4-7-13(16(14)19)18-17(21)11-5-3-6-12(9-11)22-2/h3-9H,10H2,1-2H3,(H,18,21). The van der Waals surface area contributed by atoms with Crippen molar-refractivity contribution in [2.24, 2.45) is 0 Å². The Kier molecular flexibility index (Phi) is 3.89. The summed E-state index contributed by atoms with van der Waals surface area (Å²) in [5.41, 5.74) is 1.54. The second-order valence-corrected chi connectivity index (χ2v) is 5.08. The van der Waals surface area contributed by atoms with Crippen molar-refractivity contribution < 1.29 is 19.1 Å². The minimum absolute atomic E-state index is 0.00319. The third-order valence-electron chi connectivity index (χ3n) is 3.64. The Bertz CT molecular complexity index is 773. The first-order valence-corrected chi connectivity index (χ1v) is 7.08. The Morgan fingerprint density at radius 3 is 2.83 bits per heavy atom. The van der Waals surface area contributed by atoms with Crippen LogP contribution in [0.4, 0.5) is 11.4 Å². The van der Waals surface area contributed by atoms with E-state index >= 15 is 0 Å². The summed E-state index contributed by atoms with van der Waals surface area (Å²) in [5.74, 6) is 0.711. The van der Waals surface area contributed by atoms with Gasteiger partial charge >= 0.3 is 0 Å². The van der Waals surface area contributed by atoms with Crippen molar-refractivity contribution in [3.63, 3.8) is 0 Å². The molecule has 1 N–H and O–H groups in total. The third-order valence-corrected chi connectivity index (χ3v) is 3.64. The first-order valence-electron chi connectivity index (χ1n) is 7.08. The van der Waals surface area contributed by atoms with Crippen molar-refractivity contribution in [3.8, 4) is 11.5 Å². The Balaban J connectivity index is 1.91. The molecule has 0 bridgehead atoms. The van der Waals surface area contributed by atoms with Gasteiger partial charge < -0.3 is 19.7 Å². The first-order chi connectivity index (χ1) is 11.1. The van der Waals surface area contributed by atoms with E-state index in [0.717, 1.165) is 0 Å². The maximum atomic E-state index is 12.4. The van der Waals surface area contributed by atoms with Crippen LogP contribution in [0.3, 0.4) is 0 Å². The van der Waals surface area contributed by atoms with E-state index in [1.807, 2.05) is 0 Å². The van der Waals surface area contributed by atoms with E-state index in [4.69, 9.17) is 9.47 Å². The van der Waals surface area contributed by atoms with Crippen molar-refractivity contribution in [3.05, 3.63) is 48.0 Å². The number of carbonyl (C=O) groups excluding carboxylic acids is 2. The van der Waals surface area contributed by atoms with Crippen molar-refractivity contribution in [2.75, 3.05) is 31.0 Å². The van der Waals surface area contributed by atoms with E-state index in [0.29, 0.717) is 28.4 Å². The number of ether oxygens (including phenoxy) is 2. The van der Waals surface area contributed by atoms with Gasteiger partial charge in [0.2, 0.25) is 0 Å². The molecule has 6 heteroatoms. The average Bonchev–Trinajstić information content (AvgIpc) is 2.58. The maximum Gasteiger partial charge on any atom is 0.264 e. The van der Waals surface area contributed by atoms with Crippen LogP contribution in [0.5, 0.6) is 11.5 Å². The van der Waals surface area contributed by atoms with Crippen LogP contribution in [-0.4, -0.2) is 32.6 Å². The number of likely N-dealkylation sites (N-methyl/N-ethyl adjacent to an activating group) is 1. The number of amides is 2. The molecule has 0 saturated carbocycles. The van der Waals surface area contributed by atoms with E-state index in [-0.39, 0.29) is 18.4 Å². The van der Waals surface area contributed by atoms with Crippen LogP contribution in [0.15, 0.2) is 42.5 Å². The predicted octanol–water partition coefficient (Wildman–Crippen LogP) is 2.30. The molecule has 2 aromatic carbocycles. The van der Waals surface area contributed by atoms with E-state index in [1.54, 1.807) is 56.6 Å². The van der Waals surface area contributed by atoms with Gasteiger partial charge in [0.15, 0.2) is 6.61 Å². The van der Waals surface area contributed by atoms with Gasteiger partial charge in [0.1, 0.15) is 17.2 Å². The molecule has 0 radical (unpaired) electrons. The zero-order valence-corrected chi connectivity index (χ0v) is 12.8. The van der Waals surface area contributed by atoms with Crippen LogP contribution < -0.4 is 19.7 Å². The van der Waals surface area contributed by atoms with E-state index < -0.39 is 0 Å². The Morgan fingerprint density at radius 2 is 2.04 bits per heavy atom. The molecule has 1 aliphatic rings. The number of anilines is 2. The molecule has 0 unspecified atom stereocenters. The second kappa shape index (κ2) is 6.00. The van der Waals surface area contributed by atoms with Crippen molar-refractivity contribution in [2.45, 2.75) is 0 Å². The Morgan fingerprint density at radius 1 is 1.26 bits per heavy atom. The molecule has 118 valence electrons. The number of para-hydroxylation sites is 1. The van der Waals surface area contributed by atoms with Crippen LogP contribution in [-0.2, 0) is 4.79 Å². The normalized spacial score (nSPS) is 13.1. The molecule has 0 aliphatic carbocycles. The lowest BCUT2D eigenvalue weighted by Crippen LogP contribution is -2.36. The fourth-order valence-corrected chi connectivity index (χ4v) is 2.41. The minimum atomic E-state index is -0.288. The lowest BCUT2D eigenvalue weighted by Gasteiger charge is -2.28. The summed E-state index contributed by atoms with van der Waals surface area (Å²) in [7, 11) is 3.20. The molecule has 1 heterocycles. The highest BCUT2D eigenvalue weighted by molar-refractivity contribution is 6.09. The highest BCUT2D eigenvalue weighted by Crippen LogP contribution is 2.38. The molecule has 0 saturated heterocycles. The minimum Gasteiger partial charge on any atom is -0.497 e. The summed E-state index contributed by atoms with van der Waals surface area (Å²) in [4.78, 5) is 25.8. The highest BCUT2D eigenvalue weighted by atomic mass is 16.5. The van der Waals surface area contributed by atoms with Crippen LogP contribution in [0, 0.1) is 0 Å². The lowest BCUT2D eigenvalue weighted by atomic mass is 10.1. The van der Waals surface area contributed by atoms with Crippen LogP contribution >= 0.6 is 0 Å². The third kappa shape index (κ3) is 2.83. The molecule has 2 amide bonds. The molecule has 1 aliphatic heterocycles. The first kappa shape index (κ1) is 14.9. The average molecular weight is 312 g/mol. The number of hydrogen-bond acceptors (Lipinski definition) is 4. The van der Waals surface area contributed by atoms with Gasteiger partial charge in [0, 0.05) is 12.6 Å². The molecule has 0 spiro atoms. The zero-order chi connectivity index (χ0) is 16.4. The largest absolute Gasteiger partial charge is 0.497 e. The summed E-state index contributed by atoms with van der Waals surface area (Å²) in [6.07, 6.45) is 0. The monoisotopic (exact) mass is 312 g/mol. The van der Waals surface area contributed by atoms with E-state index in [9.17, 15) is 9.59 Å². The van der Waals surface area contributed by atoms with Crippen LogP contribution in [0.2, 0.25) is 0 Å². The number of fused-ring (bicyclic) bond motifs is 1. The Hall–Kier alpha value is -3.02. The van der Waals surface area contributed by atoms with E-state index in [1.165, 1.54) is 4.90 Å². The topological polar surface area (TPSA) is 67.9 Å². The van der Waals surface area contributed by atoms with Gasteiger partial charge in [-0.3, -0.25) is 9.59 Å². The van der Waals surface area contributed by atoms with E-state index in [2.05, 4.69) is 5.32 Å². The smallest absolute Gasteiger partial charge is 0.264 e. The fraction of sp³-hybridized carbons (Fsp3) is 0.176. The van der Waals surface area contributed by atoms with Crippen molar-refractivity contribution >= 4 is 23.2 Å². The number of carbonyl (C=O) groups is 2. The number of nitrogens with zero attached hydrogens (tertiary/aromatic N) is 1. The quantitative estimate of drug-likeness (QED) is 0.944. The lowest BCUT2D eigenvalue weighted by molar-refractivity contribution is -0.120. The van der Waals surface area contributed by atoms with Crippen molar-refractivity contribution in [1.82, 2.24) is 0 Å². The molecule has 23 heavy (non-hydrogen) atoms. The molecule has 3 rings (SSSR count). The maximum absolute atomic E-state index is 12.4. The van der Waals surface area contributed by atoms with Gasteiger partial charge in [0.25, 0.3) is 11.8 Å². The van der Waals surface area contributed by atoms with Gasteiger partial charge in [0.05, 0.1) is 12.8 Å². The molecule has 0 aromatic heterocycles. The summed E-state index contributed by atoms with van der Waals surface area (Å²) in [6.45, 7) is -0.00319. The SMILES string of the molecule is COc1cccc(C(=O)Nc2cccc3c2N(C)C(=O)CO3)c1. The number of methoxy groups -OCH3 is 1. The van der Waals surface area contributed by atoms with Gasteiger partial charge in [-0.25, -0.2) is 0 Å². The summed E-state index contributed by atoms with van der Waals surface area (Å²) in [5, 5.41) is 2.82. The van der Waals surface area contributed by atoms with Gasteiger partial charge in [-0.1, -0.05) is 12.1 Å². The number of benzene rings is 2. The number of rotatable bonds is 3. The predicted molar refractivity (Wildman–Crippen MR) is 86.3 cm³/mol. The Labute approximate surface area is 133 Å². The fourth-order valence-electron chi connectivity index (χ4n) is 2.41. The van der Waals surface area contributed by atoms with Crippen LogP contribution in [0.25, 0.3) is 0 Å². The van der Waals surface area contributed by atoms with Crippen molar-refractivity contribution in [1.29, 1.82) is 0 Å². The molecular weight excluding hydrogens is 296 g/mol. The summed E-state index contributed by atoms with van der Waals surface area (Å²) in [6, 6.07) is 12.1. The second-order valence-electron chi connectivity index (χ2n) is 5.08. The van der Waals surface area contributed by atoms with Gasteiger partial charge in [-0.2, -0.15) is 0 Å². The number of hydrogen-bond donors (Lipinski definition) is 1. The van der Waals surface area contributed by atoms with Crippen LogP contribution in [0.1, 0.15) is 10.4 Å². The number of nitrogens with one attached hydrogen (secondary N) is 1. The summed E-state index contributed by atoms with van der Waals surface area (Å²) < 4.78 is 10.5. The highest BCUT2D eigenvalue weighted by Gasteiger charge is 2.25.